The van der Waals surface area contributed by atoms with Gasteiger partial charge in [-0.2, -0.15) is 0 Å². The first kappa shape index (κ1) is 19.5. The Labute approximate surface area is 170 Å². The smallest absolute Gasteiger partial charge is 0.321 e. The molecular formula is C20H17BrN4O3. The Kier molecular flexibility index (Phi) is 6.69. The van der Waals surface area contributed by atoms with Gasteiger partial charge in [0.05, 0.1) is 0 Å². The maximum absolute atomic E-state index is 12.0. The zero-order valence-corrected chi connectivity index (χ0v) is 16.3. The Balaban J connectivity index is 1.43. The minimum absolute atomic E-state index is 0.165. The van der Waals surface area contributed by atoms with Gasteiger partial charge in [-0.15, -0.1) is 0 Å². The van der Waals surface area contributed by atoms with Crippen LogP contribution in [0.3, 0.4) is 0 Å². The molecule has 28 heavy (non-hydrogen) atoms. The Morgan fingerprint density at radius 3 is 2.32 bits per heavy atom. The van der Waals surface area contributed by atoms with E-state index in [0.29, 0.717) is 17.0 Å². The Morgan fingerprint density at radius 1 is 0.964 bits per heavy atom. The summed E-state index contributed by atoms with van der Waals surface area (Å²) in [6.07, 6.45) is 3.34. The Morgan fingerprint density at radius 2 is 1.64 bits per heavy atom. The van der Waals surface area contributed by atoms with E-state index in [-0.39, 0.29) is 30.8 Å². The quantitative estimate of drug-likeness (QED) is 0.582. The molecule has 1 heterocycles. The molecule has 2 N–H and O–H groups in total. The lowest BCUT2D eigenvalue weighted by atomic mass is 10.2. The van der Waals surface area contributed by atoms with E-state index in [2.05, 4.69) is 36.5 Å². The highest BCUT2D eigenvalue weighted by Crippen LogP contribution is 2.19. The summed E-state index contributed by atoms with van der Waals surface area (Å²) in [6, 6.07) is 15.8. The SMILES string of the molecule is O=C(CCNC(=O)c1ccc(Br)cc1)Nc1ccc(Oc2ncccn2)cc1. The molecule has 0 atom stereocenters. The number of carbonyl (C=O) groups is 2. The van der Waals surface area contributed by atoms with Crippen molar-refractivity contribution in [2.24, 2.45) is 0 Å². The van der Waals surface area contributed by atoms with Gasteiger partial charge in [-0.1, -0.05) is 15.9 Å². The largest absolute Gasteiger partial charge is 0.424 e. The van der Waals surface area contributed by atoms with Crippen LogP contribution in [0.1, 0.15) is 16.8 Å². The lowest BCUT2D eigenvalue weighted by Gasteiger charge is -2.08. The Hall–Kier alpha value is -3.26. The molecule has 7 nitrogen and oxygen atoms in total. The fourth-order valence-electron chi connectivity index (χ4n) is 2.27. The molecule has 0 aliphatic carbocycles. The molecule has 0 bridgehead atoms. The molecule has 0 saturated carbocycles. The monoisotopic (exact) mass is 440 g/mol. The van der Waals surface area contributed by atoms with Crippen molar-refractivity contribution < 1.29 is 14.3 Å². The first-order valence-corrected chi connectivity index (χ1v) is 9.28. The molecule has 3 aromatic rings. The van der Waals surface area contributed by atoms with Crippen LogP contribution in [0.4, 0.5) is 5.69 Å². The van der Waals surface area contributed by atoms with Crippen LogP contribution in [0.25, 0.3) is 0 Å². The van der Waals surface area contributed by atoms with E-state index < -0.39 is 0 Å². The second kappa shape index (κ2) is 9.61. The standard InChI is InChI=1S/C20H17BrN4O3/c21-15-4-2-14(3-5-15)19(27)22-13-10-18(26)25-16-6-8-17(9-7-16)28-20-23-11-1-12-24-20/h1-9,11-12H,10,13H2,(H,22,27)(H,25,26). The predicted octanol–water partition coefficient (Wildman–Crippen LogP) is 3.79. The molecule has 0 fully saturated rings. The number of carbonyl (C=O) groups excluding carboxylic acids is 2. The summed E-state index contributed by atoms with van der Waals surface area (Å²) in [5.41, 5.74) is 1.17. The summed E-state index contributed by atoms with van der Waals surface area (Å²) < 4.78 is 6.39. The second-order valence-electron chi connectivity index (χ2n) is 5.72. The topological polar surface area (TPSA) is 93.2 Å². The summed E-state index contributed by atoms with van der Waals surface area (Å²) in [6.45, 7) is 0.243. The molecule has 3 rings (SSSR count). The van der Waals surface area contributed by atoms with Crippen molar-refractivity contribution in [1.82, 2.24) is 15.3 Å². The van der Waals surface area contributed by atoms with Crippen molar-refractivity contribution in [3.05, 3.63) is 77.0 Å². The molecule has 0 unspecified atom stereocenters. The van der Waals surface area contributed by atoms with Crippen LogP contribution in [-0.4, -0.2) is 28.3 Å². The predicted molar refractivity (Wildman–Crippen MR) is 108 cm³/mol. The summed E-state index contributed by atoms with van der Waals surface area (Å²) in [5.74, 6) is 0.145. The molecule has 8 heteroatoms. The first-order chi connectivity index (χ1) is 13.6. The highest BCUT2D eigenvalue weighted by molar-refractivity contribution is 9.10. The summed E-state index contributed by atoms with van der Waals surface area (Å²) in [7, 11) is 0. The van der Waals surface area contributed by atoms with Gasteiger partial charge in [0.2, 0.25) is 5.91 Å². The van der Waals surface area contributed by atoms with E-state index in [0.717, 1.165) is 4.47 Å². The van der Waals surface area contributed by atoms with Crippen LogP contribution in [0, 0.1) is 0 Å². The van der Waals surface area contributed by atoms with Gasteiger partial charge in [-0.3, -0.25) is 9.59 Å². The molecule has 2 amide bonds. The molecular weight excluding hydrogens is 424 g/mol. The number of rotatable bonds is 7. The number of hydrogen-bond acceptors (Lipinski definition) is 5. The summed E-state index contributed by atoms with van der Waals surface area (Å²) >= 11 is 3.32. The highest BCUT2D eigenvalue weighted by atomic mass is 79.9. The molecule has 0 saturated heterocycles. The molecule has 1 aromatic heterocycles. The fraction of sp³-hybridized carbons (Fsp3) is 0.100. The van der Waals surface area contributed by atoms with Crippen molar-refractivity contribution in [2.45, 2.75) is 6.42 Å². The fourth-order valence-corrected chi connectivity index (χ4v) is 2.53. The zero-order chi connectivity index (χ0) is 19.8. The zero-order valence-electron chi connectivity index (χ0n) is 14.8. The average Bonchev–Trinajstić information content (AvgIpc) is 2.71. The molecule has 142 valence electrons. The van der Waals surface area contributed by atoms with E-state index in [9.17, 15) is 9.59 Å². The molecule has 0 radical (unpaired) electrons. The third-order valence-electron chi connectivity index (χ3n) is 3.63. The summed E-state index contributed by atoms with van der Waals surface area (Å²) in [5, 5.41) is 5.49. The van der Waals surface area contributed by atoms with Crippen LogP contribution >= 0.6 is 15.9 Å². The molecule has 0 spiro atoms. The van der Waals surface area contributed by atoms with E-state index in [1.54, 1.807) is 67.0 Å². The van der Waals surface area contributed by atoms with Crippen molar-refractivity contribution in [2.75, 3.05) is 11.9 Å². The number of hydrogen-bond donors (Lipinski definition) is 2. The number of halogens is 1. The first-order valence-electron chi connectivity index (χ1n) is 8.49. The van der Waals surface area contributed by atoms with Crippen LogP contribution in [-0.2, 0) is 4.79 Å². The van der Waals surface area contributed by atoms with Gasteiger partial charge in [-0.25, -0.2) is 9.97 Å². The number of benzene rings is 2. The molecule has 0 aliphatic rings. The number of anilines is 1. The minimum atomic E-state index is -0.218. The van der Waals surface area contributed by atoms with Gasteiger partial charge in [0, 0.05) is 41.1 Å². The average molecular weight is 441 g/mol. The van der Waals surface area contributed by atoms with Crippen LogP contribution in [0.5, 0.6) is 11.8 Å². The number of aromatic nitrogens is 2. The van der Waals surface area contributed by atoms with Crippen LogP contribution in [0.15, 0.2) is 71.5 Å². The van der Waals surface area contributed by atoms with Gasteiger partial charge in [0.15, 0.2) is 0 Å². The molecule has 0 aliphatic heterocycles. The van der Waals surface area contributed by atoms with Crippen molar-refractivity contribution in [3.63, 3.8) is 0 Å². The maximum atomic E-state index is 12.0. The normalized spacial score (nSPS) is 10.2. The summed E-state index contributed by atoms with van der Waals surface area (Å²) in [4.78, 5) is 32.0. The van der Waals surface area contributed by atoms with E-state index in [1.165, 1.54) is 0 Å². The lowest BCUT2D eigenvalue weighted by Crippen LogP contribution is -2.27. The van der Waals surface area contributed by atoms with Gasteiger partial charge in [-0.05, 0) is 54.6 Å². The van der Waals surface area contributed by atoms with Crippen molar-refractivity contribution in [1.29, 1.82) is 0 Å². The van der Waals surface area contributed by atoms with Crippen molar-refractivity contribution in [3.8, 4) is 11.8 Å². The van der Waals surface area contributed by atoms with E-state index in [1.807, 2.05) is 0 Å². The second-order valence-corrected chi connectivity index (χ2v) is 6.63. The van der Waals surface area contributed by atoms with Crippen molar-refractivity contribution >= 4 is 33.4 Å². The van der Waals surface area contributed by atoms with Crippen LogP contribution in [0.2, 0.25) is 0 Å². The maximum Gasteiger partial charge on any atom is 0.321 e. The highest BCUT2D eigenvalue weighted by Gasteiger charge is 2.07. The third-order valence-corrected chi connectivity index (χ3v) is 4.16. The van der Waals surface area contributed by atoms with E-state index >= 15 is 0 Å². The number of nitrogens with zero attached hydrogens (tertiary/aromatic N) is 2. The number of nitrogens with one attached hydrogen (secondary N) is 2. The van der Waals surface area contributed by atoms with Crippen LogP contribution < -0.4 is 15.4 Å². The number of ether oxygens (including phenoxy) is 1. The Bertz CT molecular complexity index is 932. The number of amides is 2. The van der Waals surface area contributed by atoms with E-state index in [4.69, 9.17) is 4.74 Å². The lowest BCUT2D eigenvalue weighted by molar-refractivity contribution is -0.116. The third kappa shape index (κ3) is 5.88. The van der Waals surface area contributed by atoms with Gasteiger partial charge in [0.1, 0.15) is 5.75 Å². The van der Waals surface area contributed by atoms with Gasteiger partial charge < -0.3 is 15.4 Å². The van der Waals surface area contributed by atoms with Gasteiger partial charge >= 0.3 is 6.01 Å². The molecule has 2 aromatic carbocycles. The minimum Gasteiger partial charge on any atom is -0.424 e. The van der Waals surface area contributed by atoms with Gasteiger partial charge in [0.25, 0.3) is 5.91 Å².